The number of azo groups is 1. The number of amidine groups is 1. The van der Waals surface area contributed by atoms with Crippen LogP contribution in [0.2, 0.25) is 0 Å². The number of ether oxygens (including phenoxy) is 1. The van der Waals surface area contributed by atoms with Gasteiger partial charge in [-0.25, -0.2) is 9.79 Å². The van der Waals surface area contributed by atoms with Crippen LogP contribution in [0.15, 0.2) is 82.0 Å². The van der Waals surface area contributed by atoms with Crippen LogP contribution < -0.4 is 16.0 Å². The highest BCUT2D eigenvalue weighted by atomic mass is 16.6. The van der Waals surface area contributed by atoms with E-state index in [1.165, 1.54) is 0 Å². The third-order valence-electron chi connectivity index (χ3n) is 11.8. The van der Waals surface area contributed by atoms with Gasteiger partial charge in [0.1, 0.15) is 11.4 Å². The second-order valence-corrected chi connectivity index (χ2v) is 17.8. The number of aryl methyl sites for hydroxylation is 1. The SMILES string of the molecule is Cc1cc(C(=O)NC2CCC(N(C)C)CC2)cc(-c2ccc(C[C@H](CC(=O)C3CCC(CNC(=O)OC(C)(C)C)CC3)C(=O)Nc3ccc(C4=NCN=N4)cc3)cc2)c1. The molecule has 12 heteroatoms. The number of carbonyl (C=O) groups excluding carboxylic acids is 4. The number of benzene rings is 3. The van der Waals surface area contributed by atoms with E-state index >= 15 is 0 Å². The average molecular weight is 804 g/mol. The molecule has 1 heterocycles. The molecule has 314 valence electrons. The number of nitrogens with one attached hydrogen (secondary N) is 3. The molecule has 1 atom stereocenters. The minimum atomic E-state index is -0.588. The van der Waals surface area contributed by atoms with Gasteiger partial charge in [-0.2, -0.15) is 5.11 Å². The van der Waals surface area contributed by atoms with Gasteiger partial charge in [0, 0.05) is 53.7 Å². The van der Waals surface area contributed by atoms with Crippen molar-refractivity contribution < 1.29 is 23.9 Å². The van der Waals surface area contributed by atoms with Crippen molar-refractivity contribution in [3.05, 3.63) is 89.0 Å². The lowest BCUT2D eigenvalue weighted by Gasteiger charge is -2.33. The van der Waals surface area contributed by atoms with Crippen molar-refractivity contribution in [2.24, 2.45) is 33.0 Å². The van der Waals surface area contributed by atoms with Crippen LogP contribution in [0.1, 0.15) is 106 Å². The molecule has 2 saturated carbocycles. The summed E-state index contributed by atoms with van der Waals surface area (Å²) in [7, 11) is 4.24. The third-order valence-corrected chi connectivity index (χ3v) is 11.8. The molecule has 0 spiro atoms. The molecule has 0 unspecified atom stereocenters. The predicted molar refractivity (Wildman–Crippen MR) is 232 cm³/mol. The van der Waals surface area contributed by atoms with Crippen LogP contribution in [-0.2, 0) is 20.7 Å². The molecule has 2 aliphatic carbocycles. The van der Waals surface area contributed by atoms with Crippen LogP contribution in [0.4, 0.5) is 10.5 Å². The maximum absolute atomic E-state index is 14.0. The Balaban J connectivity index is 1.10. The molecule has 0 aromatic heterocycles. The number of Topliss-reactive ketones (excluding diaryl/α,β-unsaturated/α-hetero) is 1. The van der Waals surface area contributed by atoms with Gasteiger partial charge in [-0.1, -0.05) is 30.3 Å². The van der Waals surface area contributed by atoms with Crippen molar-refractivity contribution in [2.45, 2.75) is 110 Å². The quantitative estimate of drug-likeness (QED) is 0.149. The molecular formula is C47H61N7O5. The number of carbonyl (C=O) groups is 4. The molecular weight excluding hydrogens is 743 g/mol. The largest absolute Gasteiger partial charge is 0.444 e. The van der Waals surface area contributed by atoms with Gasteiger partial charge >= 0.3 is 6.09 Å². The lowest BCUT2D eigenvalue weighted by Crippen LogP contribution is -2.41. The molecule has 3 aromatic rings. The van der Waals surface area contributed by atoms with Crippen molar-refractivity contribution in [1.82, 2.24) is 15.5 Å². The van der Waals surface area contributed by atoms with Crippen LogP contribution in [-0.4, -0.2) is 79.4 Å². The van der Waals surface area contributed by atoms with Crippen LogP contribution >= 0.6 is 0 Å². The number of ketones is 1. The molecule has 59 heavy (non-hydrogen) atoms. The highest BCUT2D eigenvalue weighted by molar-refractivity contribution is 6.01. The van der Waals surface area contributed by atoms with Crippen molar-refractivity contribution in [2.75, 3.05) is 32.6 Å². The van der Waals surface area contributed by atoms with Crippen LogP contribution in [0, 0.1) is 24.7 Å². The number of alkyl carbamates (subject to hydrolysis) is 1. The zero-order valence-electron chi connectivity index (χ0n) is 35.6. The Labute approximate surface area is 349 Å². The van der Waals surface area contributed by atoms with Crippen molar-refractivity contribution in [3.8, 4) is 11.1 Å². The van der Waals surface area contributed by atoms with Crippen molar-refractivity contribution in [1.29, 1.82) is 0 Å². The Bertz CT molecular complexity index is 2000. The number of aliphatic imine (C=N–C) groups is 1. The fourth-order valence-corrected chi connectivity index (χ4v) is 8.43. The summed E-state index contributed by atoms with van der Waals surface area (Å²) in [4.78, 5) is 60.0. The smallest absolute Gasteiger partial charge is 0.407 e. The maximum Gasteiger partial charge on any atom is 0.407 e. The van der Waals surface area contributed by atoms with E-state index in [1.807, 2.05) is 88.4 Å². The van der Waals surface area contributed by atoms with Gasteiger partial charge in [-0.3, -0.25) is 14.4 Å². The number of anilines is 1. The molecule has 12 nitrogen and oxygen atoms in total. The first kappa shape index (κ1) is 43.4. The molecule has 0 bridgehead atoms. The van der Waals surface area contributed by atoms with Gasteiger partial charge in [-0.05, 0) is 164 Å². The van der Waals surface area contributed by atoms with Crippen LogP contribution in [0.5, 0.6) is 0 Å². The summed E-state index contributed by atoms with van der Waals surface area (Å²) in [6, 6.07) is 22.1. The van der Waals surface area contributed by atoms with Gasteiger partial charge in [0.05, 0.1) is 0 Å². The zero-order valence-corrected chi connectivity index (χ0v) is 35.6. The van der Waals surface area contributed by atoms with Crippen LogP contribution in [0.3, 0.4) is 0 Å². The molecule has 3 aromatic carbocycles. The number of nitrogens with zero attached hydrogens (tertiary/aromatic N) is 4. The Morgan fingerprint density at radius 1 is 0.831 bits per heavy atom. The first-order chi connectivity index (χ1) is 28.2. The highest BCUT2D eigenvalue weighted by Gasteiger charge is 2.31. The summed E-state index contributed by atoms with van der Waals surface area (Å²) >= 11 is 0. The summed E-state index contributed by atoms with van der Waals surface area (Å²) in [5, 5.41) is 17.2. The third kappa shape index (κ3) is 12.6. The van der Waals surface area contributed by atoms with E-state index in [4.69, 9.17) is 4.74 Å². The molecule has 0 radical (unpaired) electrons. The van der Waals surface area contributed by atoms with E-state index in [-0.39, 0.29) is 41.9 Å². The van der Waals surface area contributed by atoms with E-state index in [9.17, 15) is 19.2 Å². The maximum atomic E-state index is 14.0. The van der Waals surface area contributed by atoms with Crippen LogP contribution in [0.25, 0.3) is 11.1 Å². The Morgan fingerprint density at radius 2 is 1.51 bits per heavy atom. The fourth-order valence-electron chi connectivity index (χ4n) is 8.43. The standard InChI is InChI=1S/C47H61N7O5/c1-30-23-36(26-37(24-30)44(56)52-40-19-21-41(22-20-40)54(5)6)33-11-7-31(8-12-33)25-38(45(57)51-39-17-15-35(16-18-39)43-49-29-50-53-43)27-42(55)34-13-9-32(10-14-34)28-48-46(58)59-47(2,3)4/h7-8,11-12,15-18,23-24,26,32,34,38,40-41H,9-10,13-14,19-22,25,27-29H2,1-6H3,(H,48,58)(H,51,57)(H,52,56)/t32?,34?,38-,40?,41?/m1/s1. The van der Waals surface area contributed by atoms with E-state index in [2.05, 4.69) is 56.2 Å². The van der Waals surface area contributed by atoms with Gasteiger partial charge in [0.25, 0.3) is 5.91 Å². The molecule has 6 rings (SSSR count). The molecule has 3 N–H and O–H groups in total. The zero-order chi connectivity index (χ0) is 42.1. The summed E-state index contributed by atoms with van der Waals surface area (Å²) < 4.78 is 5.38. The summed E-state index contributed by atoms with van der Waals surface area (Å²) in [5.41, 5.74) is 5.40. The Kier molecular flexibility index (Phi) is 14.5. The minimum Gasteiger partial charge on any atom is -0.444 e. The highest BCUT2D eigenvalue weighted by Crippen LogP contribution is 2.32. The Morgan fingerprint density at radius 3 is 2.14 bits per heavy atom. The predicted octanol–water partition coefficient (Wildman–Crippen LogP) is 8.52. The monoisotopic (exact) mass is 803 g/mol. The fraction of sp³-hybridized carbons (Fsp3) is 0.511. The topological polar surface area (TPSA) is 154 Å². The lowest BCUT2D eigenvalue weighted by atomic mass is 9.77. The average Bonchev–Trinajstić information content (AvgIpc) is 3.75. The second-order valence-electron chi connectivity index (χ2n) is 17.8. The summed E-state index contributed by atoms with van der Waals surface area (Å²) in [6.45, 7) is 8.35. The first-order valence-electron chi connectivity index (χ1n) is 21.2. The Hall–Kier alpha value is -5.23. The van der Waals surface area contributed by atoms with Gasteiger partial charge < -0.3 is 25.6 Å². The molecule has 2 fully saturated rings. The van der Waals surface area contributed by atoms with Gasteiger partial charge in [-0.15, -0.1) is 5.11 Å². The molecule has 3 aliphatic rings. The number of rotatable bonds is 14. The molecule has 0 saturated heterocycles. The normalized spacial score (nSPS) is 21.0. The minimum absolute atomic E-state index is 0.0446. The summed E-state index contributed by atoms with van der Waals surface area (Å²) in [6.07, 6.45) is 7.29. The van der Waals surface area contributed by atoms with E-state index in [0.29, 0.717) is 42.8 Å². The van der Waals surface area contributed by atoms with E-state index in [1.54, 1.807) is 0 Å². The second kappa shape index (κ2) is 19.7. The first-order valence-corrected chi connectivity index (χ1v) is 21.2. The number of hydrogen-bond acceptors (Lipinski definition) is 9. The van der Waals surface area contributed by atoms with Crippen molar-refractivity contribution in [3.63, 3.8) is 0 Å². The van der Waals surface area contributed by atoms with E-state index in [0.717, 1.165) is 79.2 Å². The number of hydrogen-bond donors (Lipinski definition) is 3. The van der Waals surface area contributed by atoms with Crippen molar-refractivity contribution >= 4 is 35.2 Å². The summed E-state index contributed by atoms with van der Waals surface area (Å²) in [5.74, 6) is -0.0493. The molecule has 1 aliphatic heterocycles. The van der Waals surface area contributed by atoms with Gasteiger partial charge in [0.2, 0.25) is 5.91 Å². The molecule has 3 amide bonds. The number of amides is 3. The lowest BCUT2D eigenvalue weighted by molar-refractivity contribution is -0.129. The van der Waals surface area contributed by atoms with E-state index < -0.39 is 17.6 Å². The van der Waals surface area contributed by atoms with Gasteiger partial charge in [0.15, 0.2) is 12.5 Å².